The molecule has 4 atom stereocenters. The second kappa shape index (κ2) is 10.3. The van der Waals surface area contributed by atoms with E-state index in [0.717, 1.165) is 39.9 Å². The molecule has 2 N–H and O–H groups in total. The van der Waals surface area contributed by atoms with Crippen molar-refractivity contribution in [1.29, 1.82) is 0 Å². The van der Waals surface area contributed by atoms with Crippen molar-refractivity contribution in [3.8, 4) is 5.75 Å². The molecule has 38 heavy (non-hydrogen) atoms. The Hall–Kier alpha value is -3.58. The number of allylic oxidation sites excluding steroid dienone is 1. The summed E-state index contributed by atoms with van der Waals surface area (Å²) in [6.07, 6.45) is 4.30. The van der Waals surface area contributed by atoms with Gasteiger partial charge >= 0.3 is 5.97 Å². The van der Waals surface area contributed by atoms with Crippen molar-refractivity contribution >= 4 is 22.7 Å². The number of carbonyl (C=O) groups is 2. The number of H-pyrrole nitrogens is 1. The molecule has 198 valence electrons. The first-order valence-corrected chi connectivity index (χ1v) is 13.5. The number of rotatable bonds is 5. The number of aromatic amines is 1. The maximum absolute atomic E-state index is 14.1. The first-order valence-electron chi connectivity index (χ1n) is 13.5. The number of fused-ring (bicyclic) bond motifs is 2. The van der Waals surface area contributed by atoms with Crippen LogP contribution in [-0.2, 0) is 19.1 Å². The third-order valence-corrected chi connectivity index (χ3v) is 8.47. The molecule has 1 saturated carbocycles. The molecule has 3 heterocycles. The average Bonchev–Trinajstić information content (AvgIpc) is 3.42. The van der Waals surface area contributed by atoms with Crippen LogP contribution in [-0.4, -0.2) is 49.2 Å². The molecule has 0 bridgehead atoms. The van der Waals surface area contributed by atoms with E-state index in [1.165, 1.54) is 0 Å². The monoisotopic (exact) mass is 514 g/mol. The summed E-state index contributed by atoms with van der Waals surface area (Å²) in [6.45, 7) is 3.12. The van der Waals surface area contributed by atoms with E-state index in [4.69, 9.17) is 14.2 Å². The highest BCUT2D eigenvalue weighted by Crippen LogP contribution is 2.49. The van der Waals surface area contributed by atoms with E-state index < -0.39 is 0 Å². The standard InChI is InChI=1S/C31H34N2O5/c1-18-28(31(35)38-20-11-14-37-15-12-20)29(23-7-5-8-24-22(23)10-13-32-24)30-25(33-18)16-19(17-26(30)34)21-6-3-4-9-27(21)36-2/h3-10,13,19-20,25,29-30,32-33H,11-12,14-17H2,1-2H3/t19-,25?,29?,30?/m1/s1. The fraction of sp³-hybridized carbons (Fsp3) is 0.419. The maximum Gasteiger partial charge on any atom is 0.336 e. The molecule has 1 saturated heterocycles. The van der Waals surface area contributed by atoms with Gasteiger partial charge in [-0.3, -0.25) is 4.79 Å². The largest absolute Gasteiger partial charge is 0.496 e. The second-order valence-corrected chi connectivity index (χ2v) is 10.6. The Labute approximate surface area is 222 Å². The Bertz CT molecular complexity index is 1390. The molecule has 6 rings (SSSR count). The number of methoxy groups -OCH3 is 1. The van der Waals surface area contributed by atoms with Gasteiger partial charge in [0.1, 0.15) is 17.6 Å². The molecular formula is C31H34N2O5. The van der Waals surface area contributed by atoms with Crippen molar-refractivity contribution in [2.45, 2.75) is 56.6 Å². The van der Waals surface area contributed by atoms with Gasteiger partial charge in [-0.2, -0.15) is 0 Å². The third kappa shape index (κ3) is 4.39. The average molecular weight is 515 g/mol. The van der Waals surface area contributed by atoms with Gasteiger partial charge in [0.15, 0.2) is 0 Å². The first-order chi connectivity index (χ1) is 18.5. The summed E-state index contributed by atoms with van der Waals surface area (Å²) in [5.74, 6) is -0.0916. The van der Waals surface area contributed by atoms with Crippen molar-refractivity contribution in [3.05, 3.63) is 77.1 Å². The van der Waals surface area contributed by atoms with Crippen LogP contribution in [0, 0.1) is 5.92 Å². The van der Waals surface area contributed by atoms with Crippen molar-refractivity contribution in [3.63, 3.8) is 0 Å². The molecule has 3 unspecified atom stereocenters. The van der Waals surface area contributed by atoms with Crippen molar-refractivity contribution in [1.82, 2.24) is 10.3 Å². The number of aromatic nitrogens is 1. The summed E-state index contributed by atoms with van der Waals surface area (Å²) in [6, 6.07) is 15.9. The topological polar surface area (TPSA) is 89.7 Å². The van der Waals surface area contributed by atoms with E-state index in [-0.39, 0.29) is 41.7 Å². The lowest BCUT2D eigenvalue weighted by Crippen LogP contribution is -2.52. The van der Waals surface area contributed by atoms with E-state index in [1.807, 2.05) is 49.5 Å². The Morgan fingerprint density at radius 3 is 2.63 bits per heavy atom. The molecule has 3 aromatic rings. The summed E-state index contributed by atoms with van der Waals surface area (Å²) in [4.78, 5) is 31.1. The highest BCUT2D eigenvalue weighted by molar-refractivity contribution is 5.97. The summed E-state index contributed by atoms with van der Waals surface area (Å²) in [7, 11) is 1.67. The molecule has 2 aliphatic heterocycles. The van der Waals surface area contributed by atoms with Crippen LogP contribution in [0.5, 0.6) is 5.75 Å². The zero-order chi connectivity index (χ0) is 26.2. The lowest BCUT2D eigenvalue weighted by atomic mass is 9.64. The molecule has 0 spiro atoms. The summed E-state index contributed by atoms with van der Waals surface area (Å²) in [5, 5.41) is 4.61. The van der Waals surface area contributed by atoms with Gasteiger partial charge in [0, 0.05) is 59.9 Å². The molecule has 2 fully saturated rings. The Morgan fingerprint density at radius 2 is 1.82 bits per heavy atom. The van der Waals surface area contributed by atoms with Gasteiger partial charge in [-0.1, -0.05) is 30.3 Å². The number of hydrogen-bond donors (Lipinski definition) is 2. The number of carbonyl (C=O) groups excluding carboxylic acids is 2. The van der Waals surface area contributed by atoms with Gasteiger partial charge in [0.25, 0.3) is 0 Å². The van der Waals surface area contributed by atoms with Gasteiger partial charge in [-0.15, -0.1) is 0 Å². The molecule has 3 aliphatic rings. The van der Waals surface area contributed by atoms with Crippen LogP contribution in [0.25, 0.3) is 10.9 Å². The highest BCUT2D eigenvalue weighted by atomic mass is 16.6. The summed E-state index contributed by atoms with van der Waals surface area (Å²) >= 11 is 0. The van der Waals surface area contributed by atoms with Crippen molar-refractivity contribution in [2.75, 3.05) is 20.3 Å². The predicted octanol–water partition coefficient (Wildman–Crippen LogP) is 4.99. The van der Waals surface area contributed by atoms with Crippen molar-refractivity contribution < 1.29 is 23.8 Å². The van der Waals surface area contributed by atoms with Crippen molar-refractivity contribution in [2.24, 2.45) is 5.92 Å². The number of ketones is 1. The third-order valence-electron chi connectivity index (χ3n) is 8.47. The van der Waals surface area contributed by atoms with Crippen LogP contribution in [0.2, 0.25) is 0 Å². The number of hydrogen-bond acceptors (Lipinski definition) is 6. The number of nitrogens with one attached hydrogen (secondary N) is 2. The van der Waals surface area contributed by atoms with Crippen LogP contribution in [0.4, 0.5) is 0 Å². The second-order valence-electron chi connectivity index (χ2n) is 10.6. The fourth-order valence-corrected chi connectivity index (χ4v) is 6.73. The van der Waals surface area contributed by atoms with E-state index >= 15 is 0 Å². The summed E-state index contributed by atoms with van der Waals surface area (Å²) < 4.78 is 17.1. The molecule has 0 amide bonds. The number of Topliss-reactive ketones (excluding diaryl/α,β-unsaturated/α-hetero) is 1. The highest BCUT2D eigenvalue weighted by Gasteiger charge is 2.49. The molecule has 2 aromatic carbocycles. The van der Waals surface area contributed by atoms with E-state index in [1.54, 1.807) is 7.11 Å². The Balaban J connectivity index is 1.41. The number of ether oxygens (including phenoxy) is 3. The minimum atomic E-state index is -0.390. The van der Waals surface area contributed by atoms with Crippen LogP contribution in [0.1, 0.15) is 55.6 Å². The Kier molecular flexibility index (Phi) is 6.70. The molecule has 7 nitrogen and oxygen atoms in total. The zero-order valence-corrected chi connectivity index (χ0v) is 21.9. The SMILES string of the molecule is COc1ccccc1[C@H]1CC(=O)C2C(C1)NC(C)=C(C(=O)OC1CCOCC1)C2c1cccc2[nH]ccc12. The van der Waals surface area contributed by atoms with Gasteiger partial charge < -0.3 is 24.5 Å². The van der Waals surface area contributed by atoms with Crippen LogP contribution in [0.3, 0.4) is 0 Å². The van der Waals surface area contributed by atoms with E-state index in [2.05, 4.69) is 22.4 Å². The molecule has 0 radical (unpaired) electrons. The molecule has 1 aromatic heterocycles. The maximum atomic E-state index is 14.1. The van der Waals surface area contributed by atoms with Gasteiger partial charge in [-0.25, -0.2) is 4.79 Å². The number of esters is 1. The predicted molar refractivity (Wildman–Crippen MR) is 144 cm³/mol. The van der Waals surface area contributed by atoms with Gasteiger partial charge in [0.05, 0.1) is 25.9 Å². The molecule has 7 heteroatoms. The Morgan fingerprint density at radius 1 is 1.03 bits per heavy atom. The van der Waals surface area contributed by atoms with Crippen LogP contribution < -0.4 is 10.1 Å². The minimum absolute atomic E-state index is 0.0413. The zero-order valence-electron chi connectivity index (χ0n) is 21.9. The molecule has 1 aliphatic carbocycles. The van der Waals surface area contributed by atoms with Gasteiger partial charge in [0.2, 0.25) is 0 Å². The van der Waals surface area contributed by atoms with Crippen LogP contribution in [0.15, 0.2) is 66.0 Å². The minimum Gasteiger partial charge on any atom is -0.496 e. The van der Waals surface area contributed by atoms with E-state index in [0.29, 0.717) is 38.0 Å². The summed E-state index contributed by atoms with van der Waals surface area (Å²) in [5.41, 5.74) is 4.38. The lowest BCUT2D eigenvalue weighted by Gasteiger charge is -2.45. The number of benzene rings is 2. The fourth-order valence-electron chi connectivity index (χ4n) is 6.73. The quantitative estimate of drug-likeness (QED) is 0.466. The van der Waals surface area contributed by atoms with Crippen LogP contribution >= 0.6 is 0 Å². The lowest BCUT2D eigenvalue weighted by molar-refractivity contribution is -0.149. The normalized spacial score (nSPS) is 26.1. The number of para-hydroxylation sites is 1. The smallest absolute Gasteiger partial charge is 0.336 e. The first kappa shape index (κ1) is 24.7. The van der Waals surface area contributed by atoms with E-state index in [9.17, 15) is 9.59 Å². The van der Waals surface area contributed by atoms with Gasteiger partial charge in [-0.05, 0) is 48.6 Å². The molecular weight excluding hydrogens is 480 g/mol.